The number of nitrogens with two attached hydrogens (primary N) is 1. The number of nitrogens with zero attached hydrogens (tertiary/aromatic N) is 3. The van der Waals surface area contributed by atoms with Crippen LogP contribution in [0.2, 0.25) is 0 Å². The third kappa shape index (κ3) is 2.54. The normalized spacial score (nSPS) is 19.4. The molecule has 0 bridgehead atoms. The zero-order valence-electron chi connectivity index (χ0n) is 10.4. The molecule has 1 saturated heterocycles. The monoisotopic (exact) mass is 238 g/mol. The molecule has 1 fully saturated rings. The van der Waals surface area contributed by atoms with Crippen molar-refractivity contribution in [2.75, 3.05) is 18.0 Å². The van der Waals surface area contributed by atoms with Crippen LogP contribution in [0.25, 0.3) is 0 Å². The van der Waals surface area contributed by atoms with Crippen LogP contribution in [0.1, 0.15) is 25.5 Å². The number of aryl methyl sites for hydroxylation is 1. The number of aromatic nitrogens is 2. The zero-order chi connectivity index (χ0) is 12.4. The van der Waals surface area contributed by atoms with Gasteiger partial charge in [-0.05, 0) is 32.6 Å². The van der Waals surface area contributed by atoms with Gasteiger partial charge >= 0.3 is 0 Å². The molecule has 0 radical (unpaired) electrons. The predicted octanol–water partition coefficient (Wildman–Crippen LogP) is 1.49. The van der Waals surface area contributed by atoms with Crippen LogP contribution in [0.15, 0.2) is 6.33 Å². The Labute approximate surface area is 101 Å². The molecule has 1 aliphatic rings. The lowest BCUT2D eigenvalue weighted by atomic mass is 9.91. The Morgan fingerprint density at radius 1 is 1.41 bits per heavy atom. The van der Waals surface area contributed by atoms with Gasteiger partial charge in [-0.1, -0.05) is 0 Å². The first-order chi connectivity index (χ1) is 8.09. The molecule has 5 heteroatoms. The van der Waals surface area contributed by atoms with Gasteiger partial charge in [-0.3, -0.25) is 0 Å². The minimum atomic E-state index is -0.299. The average molecular weight is 238 g/mol. The molecule has 0 amide bonds. The van der Waals surface area contributed by atoms with E-state index in [0.29, 0.717) is 17.4 Å². The van der Waals surface area contributed by atoms with Crippen molar-refractivity contribution in [1.82, 2.24) is 9.97 Å². The SMILES string of the molecule is Cc1ncnc(N2CCC(C(C)N)CC2)c1F. The van der Waals surface area contributed by atoms with E-state index in [1.165, 1.54) is 6.33 Å². The molecule has 0 saturated carbocycles. The molecule has 0 aliphatic carbocycles. The van der Waals surface area contributed by atoms with Crippen molar-refractivity contribution in [3.63, 3.8) is 0 Å². The molecule has 2 N–H and O–H groups in total. The topological polar surface area (TPSA) is 55.0 Å². The minimum Gasteiger partial charge on any atom is -0.354 e. The molecule has 17 heavy (non-hydrogen) atoms. The van der Waals surface area contributed by atoms with Gasteiger partial charge in [0.15, 0.2) is 11.6 Å². The lowest BCUT2D eigenvalue weighted by Gasteiger charge is -2.34. The Hall–Kier alpha value is -1.23. The van der Waals surface area contributed by atoms with Gasteiger partial charge in [0, 0.05) is 19.1 Å². The highest BCUT2D eigenvalue weighted by Gasteiger charge is 2.24. The fourth-order valence-electron chi connectivity index (χ4n) is 2.30. The molecule has 2 rings (SSSR count). The maximum absolute atomic E-state index is 13.9. The minimum absolute atomic E-state index is 0.217. The van der Waals surface area contributed by atoms with Gasteiger partial charge in [0.1, 0.15) is 6.33 Å². The van der Waals surface area contributed by atoms with Gasteiger partial charge in [-0.2, -0.15) is 0 Å². The van der Waals surface area contributed by atoms with Gasteiger partial charge in [-0.15, -0.1) is 0 Å². The van der Waals surface area contributed by atoms with E-state index in [0.717, 1.165) is 25.9 Å². The van der Waals surface area contributed by atoms with E-state index in [1.807, 2.05) is 11.8 Å². The summed E-state index contributed by atoms with van der Waals surface area (Å²) in [5, 5.41) is 0. The molecule has 4 nitrogen and oxygen atoms in total. The number of anilines is 1. The van der Waals surface area contributed by atoms with Gasteiger partial charge in [-0.25, -0.2) is 14.4 Å². The van der Waals surface area contributed by atoms with Gasteiger partial charge in [0.25, 0.3) is 0 Å². The third-order valence-electron chi connectivity index (χ3n) is 3.53. The molecule has 94 valence electrons. The summed E-state index contributed by atoms with van der Waals surface area (Å²) in [4.78, 5) is 9.87. The summed E-state index contributed by atoms with van der Waals surface area (Å²) in [5.74, 6) is 0.671. The number of piperidine rings is 1. The lowest BCUT2D eigenvalue weighted by molar-refractivity contribution is 0.351. The van der Waals surface area contributed by atoms with Crippen LogP contribution in [0.4, 0.5) is 10.2 Å². The molecule has 1 unspecified atom stereocenters. The van der Waals surface area contributed by atoms with Crippen molar-refractivity contribution in [3.8, 4) is 0 Å². The van der Waals surface area contributed by atoms with Crippen LogP contribution in [-0.4, -0.2) is 29.1 Å². The van der Waals surface area contributed by atoms with Crippen molar-refractivity contribution in [2.24, 2.45) is 11.7 Å². The number of hydrogen-bond acceptors (Lipinski definition) is 4. The third-order valence-corrected chi connectivity index (χ3v) is 3.53. The van der Waals surface area contributed by atoms with Crippen molar-refractivity contribution in [1.29, 1.82) is 0 Å². The van der Waals surface area contributed by atoms with Gasteiger partial charge < -0.3 is 10.6 Å². The summed E-state index contributed by atoms with van der Waals surface area (Å²) in [6, 6.07) is 0.217. The Balaban J connectivity index is 2.08. The Morgan fingerprint density at radius 3 is 2.65 bits per heavy atom. The smallest absolute Gasteiger partial charge is 0.186 e. The van der Waals surface area contributed by atoms with Crippen molar-refractivity contribution in [2.45, 2.75) is 32.7 Å². The van der Waals surface area contributed by atoms with Crippen molar-refractivity contribution in [3.05, 3.63) is 17.8 Å². The molecule has 1 aliphatic heterocycles. The standard InChI is InChI=1S/C12H19FN4/c1-8(14)10-3-5-17(6-4-10)12-11(13)9(2)15-7-16-12/h7-8,10H,3-6,14H2,1-2H3. The Bertz CT molecular complexity index is 386. The van der Waals surface area contributed by atoms with Crippen LogP contribution in [0.5, 0.6) is 0 Å². The predicted molar refractivity (Wildman–Crippen MR) is 65.3 cm³/mol. The molecule has 1 aromatic rings. The fraction of sp³-hybridized carbons (Fsp3) is 0.667. The second-order valence-corrected chi connectivity index (χ2v) is 4.78. The lowest BCUT2D eigenvalue weighted by Crippen LogP contribution is -2.40. The van der Waals surface area contributed by atoms with Crippen molar-refractivity contribution < 1.29 is 4.39 Å². The Morgan fingerprint density at radius 2 is 2.06 bits per heavy atom. The van der Waals surface area contributed by atoms with E-state index >= 15 is 0 Å². The van der Waals surface area contributed by atoms with Crippen LogP contribution >= 0.6 is 0 Å². The first-order valence-corrected chi connectivity index (χ1v) is 6.07. The molecular weight excluding hydrogens is 219 g/mol. The van der Waals surface area contributed by atoms with E-state index < -0.39 is 0 Å². The largest absolute Gasteiger partial charge is 0.354 e. The second-order valence-electron chi connectivity index (χ2n) is 4.78. The van der Waals surface area contributed by atoms with Gasteiger partial charge in [0.05, 0.1) is 5.69 Å². The van der Waals surface area contributed by atoms with Crippen LogP contribution in [0.3, 0.4) is 0 Å². The highest BCUT2D eigenvalue weighted by Crippen LogP contribution is 2.25. The first kappa shape index (κ1) is 12.2. The fourth-order valence-corrected chi connectivity index (χ4v) is 2.30. The zero-order valence-corrected chi connectivity index (χ0v) is 10.4. The number of halogens is 1. The maximum Gasteiger partial charge on any atom is 0.186 e. The highest BCUT2D eigenvalue weighted by molar-refractivity contribution is 5.41. The summed E-state index contributed by atoms with van der Waals surface area (Å²) >= 11 is 0. The van der Waals surface area contributed by atoms with Crippen LogP contribution < -0.4 is 10.6 Å². The first-order valence-electron chi connectivity index (χ1n) is 6.07. The van der Waals surface area contributed by atoms with Crippen LogP contribution in [0, 0.1) is 18.7 Å². The summed E-state index contributed by atoms with van der Waals surface area (Å²) in [6.07, 6.45) is 3.42. The van der Waals surface area contributed by atoms with Crippen molar-refractivity contribution >= 4 is 5.82 Å². The summed E-state index contributed by atoms with van der Waals surface area (Å²) in [5.41, 5.74) is 6.29. The second kappa shape index (κ2) is 4.96. The summed E-state index contributed by atoms with van der Waals surface area (Å²) in [6.45, 7) is 5.34. The van der Waals surface area contributed by atoms with E-state index in [4.69, 9.17) is 5.73 Å². The molecule has 0 spiro atoms. The van der Waals surface area contributed by atoms with E-state index in [2.05, 4.69) is 9.97 Å². The average Bonchev–Trinajstić information content (AvgIpc) is 2.33. The Kier molecular flexibility index (Phi) is 3.57. The molecular formula is C12H19FN4. The van der Waals surface area contributed by atoms with Gasteiger partial charge in [0.2, 0.25) is 0 Å². The van der Waals surface area contributed by atoms with E-state index in [1.54, 1.807) is 6.92 Å². The highest BCUT2D eigenvalue weighted by atomic mass is 19.1. The van der Waals surface area contributed by atoms with E-state index in [9.17, 15) is 4.39 Å². The number of hydrogen-bond donors (Lipinski definition) is 1. The summed E-state index contributed by atoms with van der Waals surface area (Å²) in [7, 11) is 0. The molecule has 1 aromatic heterocycles. The quantitative estimate of drug-likeness (QED) is 0.848. The maximum atomic E-state index is 13.9. The molecule has 0 aromatic carbocycles. The molecule has 1 atom stereocenters. The molecule has 2 heterocycles. The van der Waals surface area contributed by atoms with Crippen LogP contribution in [-0.2, 0) is 0 Å². The van der Waals surface area contributed by atoms with E-state index in [-0.39, 0.29) is 11.9 Å². The summed E-state index contributed by atoms with van der Waals surface area (Å²) < 4.78 is 13.9. The number of rotatable bonds is 2.